The van der Waals surface area contributed by atoms with Crippen LogP contribution in [0, 0.1) is 6.92 Å². The molecule has 1 N–H and O–H groups in total. The van der Waals surface area contributed by atoms with Crippen molar-refractivity contribution in [3.05, 3.63) is 74.8 Å². The summed E-state index contributed by atoms with van der Waals surface area (Å²) in [4.78, 5) is 27.8. The van der Waals surface area contributed by atoms with Crippen LogP contribution in [0.1, 0.15) is 48.4 Å². The number of likely N-dealkylation sites (tertiary alicyclic amines) is 1. The van der Waals surface area contributed by atoms with E-state index in [9.17, 15) is 14.7 Å². The van der Waals surface area contributed by atoms with Gasteiger partial charge >= 0.3 is 0 Å². The molecule has 4 nitrogen and oxygen atoms in total. The number of amides is 1. The highest BCUT2D eigenvalue weighted by atomic mass is 35.5. The van der Waals surface area contributed by atoms with Crippen LogP contribution in [0.15, 0.2) is 48.0 Å². The van der Waals surface area contributed by atoms with Gasteiger partial charge in [0.2, 0.25) is 0 Å². The van der Waals surface area contributed by atoms with Crippen LogP contribution in [0.2, 0.25) is 10.0 Å². The van der Waals surface area contributed by atoms with Crippen molar-refractivity contribution in [2.45, 2.75) is 44.7 Å². The molecule has 0 spiro atoms. The highest BCUT2D eigenvalue weighted by Crippen LogP contribution is 2.44. The average Bonchev–Trinajstić information content (AvgIpc) is 3.31. The fraction of sp³-hybridized carbons (Fsp3) is 0.304. The van der Waals surface area contributed by atoms with Gasteiger partial charge in [-0.1, -0.05) is 60.3 Å². The summed E-state index contributed by atoms with van der Waals surface area (Å²) < 4.78 is 0. The van der Waals surface area contributed by atoms with Gasteiger partial charge in [0.25, 0.3) is 11.7 Å². The highest BCUT2D eigenvalue weighted by Gasteiger charge is 2.49. The third-order valence-corrected chi connectivity index (χ3v) is 6.61. The largest absolute Gasteiger partial charge is 0.507 e. The van der Waals surface area contributed by atoms with Crippen LogP contribution in [0.25, 0.3) is 5.76 Å². The zero-order valence-corrected chi connectivity index (χ0v) is 17.5. The zero-order chi connectivity index (χ0) is 20.7. The van der Waals surface area contributed by atoms with Crippen molar-refractivity contribution in [3.63, 3.8) is 0 Å². The molecule has 2 aromatic carbocycles. The molecule has 0 radical (unpaired) electrons. The molecule has 0 aromatic heterocycles. The van der Waals surface area contributed by atoms with Crippen LogP contribution >= 0.6 is 23.2 Å². The summed E-state index contributed by atoms with van der Waals surface area (Å²) in [6.45, 7) is 1.95. The van der Waals surface area contributed by atoms with Crippen LogP contribution in [0.4, 0.5) is 0 Å². The van der Waals surface area contributed by atoms with Crippen LogP contribution in [0.3, 0.4) is 0 Å². The maximum absolute atomic E-state index is 13.1. The maximum Gasteiger partial charge on any atom is 0.295 e. The monoisotopic (exact) mass is 429 g/mol. The molecule has 6 heteroatoms. The molecule has 1 heterocycles. The number of halogens is 2. The molecule has 1 saturated carbocycles. The van der Waals surface area contributed by atoms with Crippen molar-refractivity contribution in [2.75, 3.05) is 0 Å². The molecule has 1 amide bonds. The van der Waals surface area contributed by atoms with Gasteiger partial charge in [0.15, 0.2) is 0 Å². The number of rotatable bonds is 3. The third-order valence-electron chi connectivity index (χ3n) is 5.87. The summed E-state index contributed by atoms with van der Waals surface area (Å²) in [7, 11) is 0. The number of hydrogen-bond donors (Lipinski definition) is 1. The van der Waals surface area contributed by atoms with Gasteiger partial charge in [0.1, 0.15) is 5.76 Å². The first-order valence-electron chi connectivity index (χ1n) is 9.71. The van der Waals surface area contributed by atoms with Crippen molar-refractivity contribution in [3.8, 4) is 0 Å². The van der Waals surface area contributed by atoms with Gasteiger partial charge in [-0.2, -0.15) is 0 Å². The van der Waals surface area contributed by atoms with Gasteiger partial charge in [-0.25, -0.2) is 0 Å². The van der Waals surface area contributed by atoms with Gasteiger partial charge < -0.3 is 10.0 Å². The van der Waals surface area contributed by atoms with E-state index in [-0.39, 0.29) is 22.4 Å². The Morgan fingerprint density at radius 2 is 1.72 bits per heavy atom. The Morgan fingerprint density at radius 3 is 2.38 bits per heavy atom. The van der Waals surface area contributed by atoms with E-state index in [1.54, 1.807) is 17.0 Å². The van der Waals surface area contributed by atoms with Crippen LogP contribution < -0.4 is 0 Å². The Kier molecular flexibility index (Phi) is 5.41. The van der Waals surface area contributed by atoms with Crippen molar-refractivity contribution < 1.29 is 14.7 Å². The molecule has 1 unspecified atom stereocenters. The van der Waals surface area contributed by atoms with Crippen LogP contribution in [-0.4, -0.2) is 27.7 Å². The Bertz CT molecular complexity index is 1020. The minimum Gasteiger partial charge on any atom is -0.507 e. The third kappa shape index (κ3) is 3.45. The van der Waals surface area contributed by atoms with E-state index in [2.05, 4.69) is 0 Å². The molecular weight excluding hydrogens is 409 g/mol. The second-order valence-corrected chi connectivity index (χ2v) is 8.44. The van der Waals surface area contributed by atoms with Gasteiger partial charge in [-0.3, -0.25) is 9.59 Å². The quantitative estimate of drug-likeness (QED) is 0.388. The second-order valence-electron chi connectivity index (χ2n) is 7.63. The van der Waals surface area contributed by atoms with E-state index in [4.69, 9.17) is 23.2 Å². The average molecular weight is 430 g/mol. The number of aliphatic hydroxyl groups excluding tert-OH is 1. The molecule has 1 saturated heterocycles. The number of aliphatic hydroxyl groups is 1. The van der Waals surface area contributed by atoms with Crippen molar-refractivity contribution in [2.24, 2.45) is 0 Å². The summed E-state index contributed by atoms with van der Waals surface area (Å²) in [6, 6.07) is 11.7. The predicted octanol–water partition coefficient (Wildman–Crippen LogP) is 5.67. The number of carbonyl (C=O) groups excluding carboxylic acids is 2. The predicted molar refractivity (Wildman–Crippen MR) is 114 cm³/mol. The van der Waals surface area contributed by atoms with Gasteiger partial charge in [0, 0.05) is 11.6 Å². The molecule has 1 aliphatic heterocycles. The number of ketones is 1. The van der Waals surface area contributed by atoms with Crippen LogP contribution in [0.5, 0.6) is 0 Å². The molecular formula is C23H21Cl2NO3. The Labute approximate surface area is 179 Å². The lowest BCUT2D eigenvalue weighted by atomic mass is 9.92. The van der Waals surface area contributed by atoms with E-state index in [1.165, 1.54) is 6.07 Å². The second kappa shape index (κ2) is 7.85. The molecule has 150 valence electrons. The van der Waals surface area contributed by atoms with Gasteiger partial charge in [-0.05, 0) is 49.1 Å². The molecule has 1 aliphatic carbocycles. The maximum atomic E-state index is 13.1. The van der Waals surface area contributed by atoms with Crippen molar-refractivity contribution in [1.29, 1.82) is 0 Å². The highest BCUT2D eigenvalue weighted by molar-refractivity contribution is 6.47. The van der Waals surface area contributed by atoms with E-state index in [0.29, 0.717) is 10.6 Å². The smallest absolute Gasteiger partial charge is 0.295 e. The number of aryl methyl sites for hydroxylation is 1. The summed E-state index contributed by atoms with van der Waals surface area (Å²) in [5, 5.41) is 11.7. The summed E-state index contributed by atoms with van der Waals surface area (Å²) in [6.07, 6.45) is 3.78. The standard InChI is InChI=1S/C23H21Cl2NO3/c1-13-6-2-5-9-16(13)20-19(21(27)14-10-11-17(24)18(25)12-14)22(28)23(29)26(20)15-7-3-4-8-15/h2,5-6,9-12,15,20,27H,3-4,7-8H2,1H3/b21-19+. The number of nitrogens with zero attached hydrogens (tertiary/aromatic N) is 1. The SMILES string of the molecule is Cc1ccccc1C1/C(=C(\O)c2ccc(Cl)c(Cl)c2)C(=O)C(=O)N1C1CCCC1. The Hall–Kier alpha value is -2.30. The Balaban J connectivity index is 1.92. The van der Waals surface area contributed by atoms with Crippen molar-refractivity contribution >= 4 is 40.7 Å². The molecule has 4 rings (SSSR count). The lowest BCUT2D eigenvalue weighted by Gasteiger charge is -2.31. The molecule has 0 bridgehead atoms. The van der Waals surface area contributed by atoms with E-state index >= 15 is 0 Å². The zero-order valence-electron chi connectivity index (χ0n) is 16.0. The van der Waals surface area contributed by atoms with Crippen molar-refractivity contribution in [1.82, 2.24) is 4.90 Å². The summed E-state index contributed by atoms with van der Waals surface area (Å²) >= 11 is 12.1. The van der Waals surface area contributed by atoms with E-state index < -0.39 is 17.7 Å². The molecule has 2 aliphatic rings. The molecule has 2 aromatic rings. The lowest BCUT2D eigenvalue weighted by Crippen LogP contribution is -2.37. The number of hydrogen-bond acceptors (Lipinski definition) is 3. The molecule has 29 heavy (non-hydrogen) atoms. The fourth-order valence-corrected chi connectivity index (χ4v) is 4.71. The van der Waals surface area contributed by atoms with Gasteiger partial charge in [-0.15, -0.1) is 0 Å². The van der Waals surface area contributed by atoms with Crippen LogP contribution in [-0.2, 0) is 9.59 Å². The minimum absolute atomic E-state index is 0.00448. The molecule has 2 fully saturated rings. The first kappa shape index (κ1) is 20.0. The number of Topliss-reactive ketones (excluding diaryl/α,β-unsaturated/α-hetero) is 1. The number of benzene rings is 2. The normalized spacial score (nSPS) is 21.9. The number of carbonyl (C=O) groups is 2. The lowest BCUT2D eigenvalue weighted by molar-refractivity contribution is -0.141. The summed E-state index contributed by atoms with van der Waals surface area (Å²) in [5.74, 6) is -1.43. The molecule has 1 atom stereocenters. The van der Waals surface area contributed by atoms with Gasteiger partial charge in [0.05, 0.1) is 21.7 Å². The Morgan fingerprint density at radius 1 is 1.03 bits per heavy atom. The minimum atomic E-state index is -0.659. The first-order chi connectivity index (χ1) is 13.9. The van der Waals surface area contributed by atoms with E-state index in [0.717, 1.165) is 36.8 Å². The topological polar surface area (TPSA) is 57.6 Å². The fourth-order valence-electron chi connectivity index (χ4n) is 4.41. The summed E-state index contributed by atoms with van der Waals surface area (Å²) in [5.41, 5.74) is 2.28. The van der Waals surface area contributed by atoms with E-state index in [1.807, 2.05) is 31.2 Å². The first-order valence-corrected chi connectivity index (χ1v) is 10.5.